The van der Waals surface area contributed by atoms with Crippen LogP contribution in [0.25, 0.3) is 0 Å². The highest BCUT2D eigenvalue weighted by atomic mass is 16.4. The number of carboxylic acids is 1. The summed E-state index contributed by atoms with van der Waals surface area (Å²) < 4.78 is 5.05. The zero-order chi connectivity index (χ0) is 12.7. The summed E-state index contributed by atoms with van der Waals surface area (Å²) >= 11 is 0. The first-order valence-corrected chi connectivity index (χ1v) is 5.04. The van der Waals surface area contributed by atoms with Crippen molar-refractivity contribution in [3.05, 3.63) is 24.2 Å². The molecule has 1 atom stereocenters. The smallest absolute Gasteiger partial charge is 0.328 e. The molecule has 1 aromatic heterocycles. The van der Waals surface area contributed by atoms with Gasteiger partial charge in [0.1, 0.15) is 5.76 Å². The molecule has 1 rings (SSSR count). The van der Waals surface area contributed by atoms with Crippen molar-refractivity contribution in [2.45, 2.75) is 12.5 Å². The monoisotopic (exact) mass is 242 g/mol. The fraction of sp³-hybridized carbons (Fsp3) is 0.400. The number of carbonyl (C=O) groups excluding carboxylic acids is 1. The van der Waals surface area contributed by atoms with Crippen molar-refractivity contribution >= 4 is 12.0 Å². The van der Waals surface area contributed by atoms with Crippen molar-refractivity contribution in [2.24, 2.45) is 0 Å². The summed E-state index contributed by atoms with van der Waals surface area (Å²) in [6.45, 7) is -0.335. The van der Waals surface area contributed by atoms with Gasteiger partial charge in [-0.3, -0.25) is 0 Å². The minimum absolute atomic E-state index is 0.317. The number of amides is 2. The van der Waals surface area contributed by atoms with E-state index in [1.54, 1.807) is 12.1 Å². The van der Waals surface area contributed by atoms with Gasteiger partial charge in [-0.15, -0.1) is 0 Å². The van der Waals surface area contributed by atoms with E-state index >= 15 is 0 Å². The lowest BCUT2D eigenvalue weighted by Gasteiger charge is -2.12. The molecule has 17 heavy (non-hydrogen) atoms. The van der Waals surface area contributed by atoms with E-state index in [-0.39, 0.29) is 0 Å². The summed E-state index contributed by atoms with van der Waals surface area (Å²) in [5, 5.41) is 21.8. The predicted molar refractivity (Wildman–Crippen MR) is 57.5 cm³/mol. The molecule has 2 amide bonds. The minimum atomic E-state index is -1.29. The van der Waals surface area contributed by atoms with Gasteiger partial charge in [-0.2, -0.15) is 0 Å². The molecule has 0 bridgehead atoms. The average molecular weight is 242 g/mol. The average Bonchev–Trinajstić information content (AvgIpc) is 2.78. The van der Waals surface area contributed by atoms with Gasteiger partial charge in [0.15, 0.2) is 6.04 Å². The van der Waals surface area contributed by atoms with Crippen molar-refractivity contribution in [1.82, 2.24) is 10.6 Å². The van der Waals surface area contributed by atoms with Gasteiger partial charge in [0, 0.05) is 13.0 Å². The third-order valence-corrected chi connectivity index (χ3v) is 2.02. The van der Waals surface area contributed by atoms with Crippen LogP contribution in [0.5, 0.6) is 0 Å². The van der Waals surface area contributed by atoms with Gasteiger partial charge in [-0.25, -0.2) is 9.59 Å². The van der Waals surface area contributed by atoms with Crippen molar-refractivity contribution in [3.63, 3.8) is 0 Å². The van der Waals surface area contributed by atoms with E-state index in [1.807, 2.05) is 0 Å². The van der Waals surface area contributed by atoms with Crippen molar-refractivity contribution in [3.8, 4) is 0 Å². The van der Waals surface area contributed by atoms with E-state index in [0.717, 1.165) is 5.76 Å². The number of nitrogens with one attached hydrogen (secondary N) is 2. The maximum Gasteiger partial charge on any atom is 0.328 e. The fourth-order valence-electron chi connectivity index (χ4n) is 1.15. The van der Waals surface area contributed by atoms with Gasteiger partial charge in [0.2, 0.25) is 0 Å². The molecule has 0 aliphatic carbocycles. The Morgan fingerprint density at radius 1 is 1.47 bits per heavy atom. The molecule has 0 saturated heterocycles. The summed E-state index contributed by atoms with van der Waals surface area (Å²) in [6, 6.07) is 1.58. The van der Waals surface area contributed by atoms with Crippen LogP contribution >= 0.6 is 0 Å². The van der Waals surface area contributed by atoms with Crippen LogP contribution in [0.15, 0.2) is 22.8 Å². The highest BCUT2D eigenvalue weighted by Crippen LogP contribution is 1.99. The SMILES string of the molecule is O=C(NCCc1ccco1)NC(CO)C(=O)O. The number of hydrogen-bond acceptors (Lipinski definition) is 4. The number of aliphatic carboxylic acids is 1. The number of carboxylic acid groups (broad SMARTS) is 1. The van der Waals surface area contributed by atoms with Crippen LogP contribution in [0.4, 0.5) is 4.79 Å². The highest BCUT2D eigenvalue weighted by molar-refractivity contribution is 5.82. The molecular weight excluding hydrogens is 228 g/mol. The van der Waals surface area contributed by atoms with Crippen LogP contribution in [0.3, 0.4) is 0 Å². The number of aliphatic hydroxyl groups excluding tert-OH is 1. The van der Waals surface area contributed by atoms with Crippen LogP contribution in [-0.4, -0.2) is 41.4 Å². The quantitative estimate of drug-likeness (QED) is 0.540. The second kappa shape index (κ2) is 6.54. The lowest BCUT2D eigenvalue weighted by atomic mass is 10.3. The number of urea groups is 1. The summed E-state index contributed by atoms with van der Waals surface area (Å²) in [4.78, 5) is 21.7. The first kappa shape index (κ1) is 13.0. The molecule has 0 fully saturated rings. The Bertz CT molecular complexity index is 363. The second-order valence-electron chi connectivity index (χ2n) is 3.30. The van der Waals surface area contributed by atoms with Crippen LogP contribution in [0.1, 0.15) is 5.76 Å². The molecule has 0 aromatic carbocycles. The molecule has 7 heteroatoms. The maximum atomic E-state index is 11.2. The summed E-state index contributed by atoms with van der Waals surface area (Å²) in [5.74, 6) is -0.559. The topological polar surface area (TPSA) is 112 Å². The van der Waals surface area contributed by atoms with Crippen LogP contribution in [0, 0.1) is 0 Å². The lowest BCUT2D eigenvalue weighted by Crippen LogP contribution is -2.48. The Hall–Kier alpha value is -2.02. The summed E-state index contributed by atoms with van der Waals surface area (Å²) in [7, 11) is 0. The Morgan fingerprint density at radius 3 is 2.76 bits per heavy atom. The van der Waals surface area contributed by atoms with Gasteiger partial charge >= 0.3 is 12.0 Å². The predicted octanol–water partition coefficient (Wildman–Crippen LogP) is -0.433. The van der Waals surface area contributed by atoms with Gasteiger partial charge < -0.3 is 25.3 Å². The molecule has 1 aromatic rings. The van der Waals surface area contributed by atoms with E-state index in [9.17, 15) is 9.59 Å². The van der Waals surface area contributed by atoms with E-state index in [0.29, 0.717) is 13.0 Å². The first-order valence-electron chi connectivity index (χ1n) is 5.04. The van der Waals surface area contributed by atoms with Crippen LogP contribution in [-0.2, 0) is 11.2 Å². The molecule has 1 unspecified atom stereocenters. The molecule has 94 valence electrons. The molecule has 0 spiro atoms. The van der Waals surface area contributed by atoms with E-state index in [1.165, 1.54) is 6.26 Å². The van der Waals surface area contributed by atoms with Crippen molar-refractivity contribution in [1.29, 1.82) is 0 Å². The standard InChI is InChI=1S/C10H14N2O5/c13-6-8(9(14)15)12-10(16)11-4-3-7-2-1-5-17-7/h1-2,5,8,13H,3-4,6H2,(H,14,15)(H2,11,12,16). The second-order valence-corrected chi connectivity index (χ2v) is 3.30. The third-order valence-electron chi connectivity index (χ3n) is 2.02. The van der Waals surface area contributed by atoms with Crippen LogP contribution < -0.4 is 10.6 Å². The minimum Gasteiger partial charge on any atom is -0.480 e. The molecule has 0 saturated carbocycles. The zero-order valence-corrected chi connectivity index (χ0v) is 9.05. The first-order chi connectivity index (χ1) is 8.13. The molecule has 1 heterocycles. The third kappa shape index (κ3) is 4.56. The van der Waals surface area contributed by atoms with E-state index < -0.39 is 24.6 Å². The van der Waals surface area contributed by atoms with E-state index in [4.69, 9.17) is 14.6 Å². The molecule has 0 radical (unpaired) electrons. The summed E-state index contributed by atoms with van der Waals surface area (Å²) in [6.07, 6.45) is 2.04. The number of carbonyl (C=O) groups is 2. The molecule has 7 nitrogen and oxygen atoms in total. The van der Waals surface area contributed by atoms with Gasteiger partial charge in [-0.05, 0) is 12.1 Å². The molecular formula is C10H14N2O5. The van der Waals surface area contributed by atoms with Crippen LogP contribution in [0.2, 0.25) is 0 Å². The van der Waals surface area contributed by atoms with Crippen molar-refractivity contribution < 1.29 is 24.2 Å². The highest BCUT2D eigenvalue weighted by Gasteiger charge is 2.18. The molecule has 0 aliphatic rings. The number of furan rings is 1. The number of aliphatic hydroxyl groups is 1. The normalized spacial score (nSPS) is 11.8. The van der Waals surface area contributed by atoms with Gasteiger partial charge in [0.05, 0.1) is 12.9 Å². The van der Waals surface area contributed by atoms with Crippen molar-refractivity contribution in [2.75, 3.05) is 13.2 Å². The van der Waals surface area contributed by atoms with Gasteiger partial charge in [0.25, 0.3) is 0 Å². The fourth-order valence-corrected chi connectivity index (χ4v) is 1.15. The number of hydrogen-bond donors (Lipinski definition) is 4. The Morgan fingerprint density at radius 2 is 2.24 bits per heavy atom. The van der Waals surface area contributed by atoms with Gasteiger partial charge in [-0.1, -0.05) is 0 Å². The molecule has 0 aliphatic heterocycles. The van der Waals surface area contributed by atoms with E-state index in [2.05, 4.69) is 10.6 Å². The Labute approximate surface area is 97.4 Å². The summed E-state index contributed by atoms with van der Waals surface area (Å²) in [5.41, 5.74) is 0. The largest absolute Gasteiger partial charge is 0.480 e. The maximum absolute atomic E-state index is 11.2. The Kier molecular flexibility index (Phi) is 5.02. The Balaban J connectivity index is 2.23. The molecule has 4 N–H and O–H groups in total. The number of rotatable bonds is 6. The zero-order valence-electron chi connectivity index (χ0n) is 9.05. The lowest BCUT2D eigenvalue weighted by molar-refractivity contribution is -0.140.